The molecule has 0 bridgehead atoms. The van der Waals surface area contributed by atoms with Crippen LogP contribution in [-0.2, 0) is 11.2 Å². The first kappa shape index (κ1) is 22.3. The third-order valence-corrected chi connectivity index (χ3v) is 5.51. The highest BCUT2D eigenvalue weighted by molar-refractivity contribution is 5.64. The predicted octanol–water partition coefficient (Wildman–Crippen LogP) is 6.91. The molecule has 0 aromatic heterocycles. The fourth-order valence-corrected chi connectivity index (χ4v) is 3.79. The maximum Gasteiger partial charge on any atom is 0.194 e. The Morgan fingerprint density at radius 2 is 1.44 bits per heavy atom. The smallest absolute Gasteiger partial charge is 0.194 e. The highest BCUT2D eigenvalue weighted by Gasteiger charge is 2.17. The van der Waals surface area contributed by atoms with Gasteiger partial charge in [0, 0.05) is 30.7 Å². The van der Waals surface area contributed by atoms with Crippen molar-refractivity contribution in [2.75, 3.05) is 13.2 Å². The van der Waals surface area contributed by atoms with Crippen LogP contribution in [0.2, 0.25) is 0 Å². The number of hydrogen-bond acceptors (Lipinski definition) is 2. The summed E-state index contributed by atoms with van der Waals surface area (Å²) in [5, 5.41) is 0. The standard InChI is InChI=1S/C25H21F5O2/c26-20-11-17(15-4-6-16(7-5-15)24-3-1-2-9-32-24)12-21(27)19(20)8-10-31-18-13-22(28)25(30)23(29)14-18/h4-7,11-14,24H,1-3,8-10H2. The molecule has 2 nitrogen and oxygen atoms in total. The zero-order valence-electron chi connectivity index (χ0n) is 17.1. The van der Waals surface area contributed by atoms with E-state index in [9.17, 15) is 22.0 Å². The van der Waals surface area contributed by atoms with Gasteiger partial charge in [-0.25, -0.2) is 22.0 Å². The van der Waals surface area contributed by atoms with E-state index in [1.165, 1.54) is 12.1 Å². The molecule has 1 atom stereocenters. The van der Waals surface area contributed by atoms with E-state index in [0.717, 1.165) is 31.4 Å². The number of rotatable bonds is 6. The molecule has 1 aliphatic rings. The van der Waals surface area contributed by atoms with E-state index in [4.69, 9.17) is 9.47 Å². The van der Waals surface area contributed by atoms with Crippen LogP contribution in [0.15, 0.2) is 48.5 Å². The molecule has 3 aromatic rings. The van der Waals surface area contributed by atoms with Crippen molar-refractivity contribution < 1.29 is 31.4 Å². The van der Waals surface area contributed by atoms with Crippen molar-refractivity contribution in [2.24, 2.45) is 0 Å². The van der Waals surface area contributed by atoms with Crippen molar-refractivity contribution in [2.45, 2.75) is 31.8 Å². The van der Waals surface area contributed by atoms with E-state index in [1.54, 1.807) is 0 Å². The molecule has 0 spiro atoms. The molecule has 3 aromatic carbocycles. The van der Waals surface area contributed by atoms with Gasteiger partial charge in [0.2, 0.25) is 0 Å². The van der Waals surface area contributed by atoms with Crippen LogP contribution in [0.4, 0.5) is 22.0 Å². The van der Waals surface area contributed by atoms with Crippen LogP contribution in [0.1, 0.15) is 36.5 Å². The summed E-state index contributed by atoms with van der Waals surface area (Å²) in [6.45, 7) is 0.493. The molecular weight excluding hydrogens is 427 g/mol. The molecule has 0 aliphatic carbocycles. The van der Waals surface area contributed by atoms with E-state index >= 15 is 0 Å². The third kappa shape index (κ3) is 4.93. The molecule has 7 heteroatoms. The largest absolute Gasteiger partial charge is 0.493 e. The molecule has 1 unspecified atom stereocenters. The van der Waals surface area contributed by atoms with E-state index in [-0.39, 0.29) is 30.4 Å². The quantitative estimate of drug-likeness (QED) is 0.301. The Morgan fingerprint density at radius 3 is 2.03 bits per heavy atom. The normalized spacial score (nSPS) is 16.2. The summed E-state index contributed by atoms with van der Waals surface area (Å²) < 4.78 is 79.5. The molecule has 168 valence electrons. The van der Waals surface area contributed by atoms with E-state index in [2.05, 4.69) is 0 Å². The number of hydrogen-bond donors (Lipinski definition) is 0. The maximum absolute atomic E-state index is 14.6. The zero-order chi connectivity index (χ0) is 22.7. The molecule has 0 N–H and O–H groups in total. The van der Waals surface area contributed by atoms with E-state index in [0.29, 0.717) is 23.3 Å². The van der Waals surface area contributed by atoms with Crippen LogP contribution < -0.4 is 4.74 Å². The van der Waals surface area contributed by atoms with E-state index in [1.807, 2.05) is 24.3 Å². The lowest BCUT2D eigenvalue weighted by Gasteiger charge is -2.23. The summed E-state index contributed by atoms with van der Waals surface area (Å²) in [7, 11) is 0. The molecule has 1 aliphatic heterocycles. The van der Waals surface area contributed by atoms with Gasteiger partial charge in [0.25, 0.3) is 0 Å². The van der Waals surface area contributed by atoms with Crippen molar-refractivity contribution in [3.8, 4) is 16.9 Å². The van der Waals surface area contributed by atoms with Crippen LogP contribution in [0.5, 0.6) is 5.75 Å². The fourth-order valence-electron chi connectivity index (χ4n) is 3.79. The molecule has 4 rings (SSSR count). The molecule has 0 amide bonds. The monoisotopic (exact) mass is 448 g/mol. The first-order chi connectivity index (χ1) is 15.4. The first-order valence-corrected chi connectivity index (χ1v) is 10.4. The predicted molar refractivity (Wildman–Crippen MR) is 110 cm³/mol. The Kier molecular flexibility index (Phi) is 6.74. The SMILES string of the molecule is Fc1cc(OCCc2c(F)cc(-c3ccc(C4CCCCO4)cc3)cc2F)cc(F)c1F. The average Bonchev–Trinajstić information content (AvgIpc) is 2.80. The van der Waals surface area contributed by atoms with Gasteiger partial charge in [0.1, 0.15) is 17.4 Å². The summed E-state index contributed by atoms with van der Waals surface area (Å²) in [4.78, 5) is 0. The summed E-state index contributed by atoms with van der Waals surface area (Å²) in [6, 6.07) is 11.3. The van der Waals surface area contributed by atoms with Gasteiger partial charge in [-0.1, -0.05) is 24.3 Å². The minimum atomic E-state index is -1.61. The summed E-state index contributed by atoms with van der Waals surface area (Å²) in [5.74, 6) is -6.17. The van der Waals surface area contributed by atoms with Gasteiger partial charge in [-0.3, -0.25) is 0 Å². The lowest BCUT2D eigenvalue weighted by molar-refractivity contribution is 0.0149. The van der Waals surface area contributed by atoms with Crippen LogP contribution in [-0.4, -0.2) is 13.2 Å². The van der Waals surface area contributed by atoms with E-state index < -0.39 is 29.1 Å². The lowest BCUT2D eigenvalue weighted by atomic mass is 9.97. The fraction of sp³-hybridized carbons (Fsp3) is 0.280. The second-order valence-corrected chi connectivity index (χ2v) is 7.70. The van der Waals surface area contributed by atoms with Gasteiger partial charge in [-0.2, -0.15) is 0 Å². The Bertz CT molecular complexity index is 1050. The van der Waals surface area contributed by atoms with Crippen molar-refractivity contribution >= 4 is 0 Å². The van der Waals surface area contributed by atoms with Gasteiger partial charge in [0.15, 0.2) is 17.5 Å². The second-order valence-electron chi connectivity index (χ2n) is 7.70. The van der Waals surface area contributed by atoms with Gasteiger partial charge in [0.05, 0.1) is 12.7 Å². The molecule has 1 fully saturated rings. The Labute approximate surface area is 182 Å². The minimum Gasteiger partial charge on any atom is -0.493 e. The van der Waals surface area contributed by atoms with Gasteiger partial charge in [-0.15, -0.1) is 0 Å². The van der Waals surface area contributed by atoms with Crippen LogP contribution >= 0.6 is 0 Å². The minimum absolute atomic E-state index is 0.0525. The molecule has 32 heavy (non-hydrogen) atoms. The highest BCUT2D eigenvalue weighted by Crippen LogP contribution is 2.31. The van der Waals surface area contributed by atoms with Crippen molar-refractivity contribution in [3.63, 3.8) is 0 Å². The number of benzene rings is 3. The first-order valence-electron chi connectivity index (χ1n) is 10.4. The summed E-state index contributed by atoms with van der Waals surface area (Å²) in [6.07, 6.45) is 3.01. The summed E-state index contributed by atoms with van der Waals surface area (Å²) in [5.41, 5.74) is 1.90. The molecule has 1 heterocycles. The molecule has 0 radical (unpaired) electrons. The number of halogens is 5. The molecule has 1 saturated heterocycles. The van der Waals surface area contributed by atoms with Crippen LogP contribution in [0.3, 0.4) is 0 Å². The lowest BCUT2D eigenvalue weighted by Crippen LogP contribution is -2.11. The summed E-state index contributed by atoms with van der Waals surface area (Å²) >= 11 is 0. The van der Waals surface area contributed by atoms with Crippen molar-refractivity contribution in [1.82, 2.24) is 0 Å². The van der Waals surface area contributed by atoms with Crippen LogP contribution in [0, 0.1) is 29.1 Å². The van der Waals surface area contributed by atoms with Gasteiger partial charge < -0.3 is 9.47 Å². The van der Waals surface area contributed by atoms with Gasteiger partial charge in [-0.05, 0) is 48.1 Å². The maximum atomic E-state index is 14.6. The highest BCUT2D eigenvalue weighted by atomic mass is 19.2. The topological polar surface area (TPSA) is 18.5 Å². The third-order valence-electron chi connectivity index (χ3n) is 5.51. The Hall–Kier alpha value is -2.93. The zero-order valence-corrected chi connectivity index (χ0v) is 17.1. The van der Waals surface area contributed by atoms with Crippen molar-refractivity contribution in [1.29, 1.82) is 0 Å². The number of ether oxygens (including phenoxy) is 2. The molecular formula is C25H21F5O2. The van der Waals surface area contributed by atoms with Crippen LogP contribution in [0.25, 0.3) is 11.1 Å². The van der Waals surface area contributed by atoms with Gasteiger partial charge >= 0.3 is 0 Å². The van der Waals surface area contributed by atoms with Crippen molar-refractivity contribution in [3.05, 3.63) is 88.7 Å². The Balaban J connectivity index is 1.44. The Morgan fingerprint density at radius 1 is 0.781 bits per heavy atom. The molecule has 0 saturated carbocycles. The second kappa shape index (κ2) is 9.69. The average molecular weight is 448 g/mol.